The number of aromatic amines is 1. The summed E-state index contributed by atoms with van der Waals surface area (Å²) in [6, 6.07) is 6.08. The van der Waals surface area contributed by atoms with E-state index in [1.807, 2.05) is 30.5 Å². The van der Waals surface area contributed by atoms with Crippen LogP contribution in [0, 0.1) is 0 Å². The van der Waals surface area contributed by atoms with Crippen molar-refractivity contribution in [3.05, 3.63) is 36.0 Å². The standard InChI is InChI=1S/C18H24N4O4S/c19-13(8-11-9-21-14-5-2-1-4-12(11)14)17(24)20-7-3-6-16(23)22-15(10-27)18(25)26/h1-2,4-5,9,13,15,21,27H,3,6-8,10,19H2,(H,20,24)(H,22,23)(H,25,26)/t13-,15+/m1/s1. The van der Waals surface area contributed by atoms with Crippen molar-refractivity contribution in [3.63, 3.8) is 0 Å². The number of carbonyl (C=O) groups excluding carboxylic acids is 2. The number of hydrogen-bond donors (Lipinski definition) is 6. The molecular formula is C18H24N4O4S. The molecule has 0 saturated carbocycles. The van der Waals surface area contributed by atoms with E-state index in [0.29, 0.717) is 12.8 Å². The molecular weight excluding hydrogens is 368 g/mol. The van der Waals surface area contributed by atoms with Crippen LogP contribution in [0.5, 0.6) is 0 Å². The van der Waals surface area contributed by atoms with Gasteiger partial charge in [0.1, 0.15) is 6.04 Å². The first-order chi connectivity index (χ1) is 12.9. The molecule has 27 heavy (non-hydrogen) atoms. The van der Waals surface area contributed by atoms with Gasteiger partial charge in [-0.2, -0.15) is 12.6 Å². The van der Waals surface area contributed by atoms with E-state index in [4.69, 9.17) is 10.8 Å². The molecule has 0 saturated heterocycles. The largest absolute Gasteiger partial charge is 0.480 e. The lowest BCUT2D eigenvalue weighted by molar-refractivity contribution is -0.141. The third kappa shape index (κ3) is 6.00. The van der Waals surface area contributed by atoms with Crippen molar-refractivity contribution in [1.29, 1.82) is 0 Å². The van der Waals surface area contributed by atoms with E-state index >= 15 is 0 Å². The number of hydrogen-bond acceptors (Lipinski definition) is 5. The lowest BCUT2D eigenvalue weighted by Gasteiger charge is -2.13. The van der Waals surface area contributed by atoms with Gasteiger partial charge >= 0.3 is 5.97 Å². The normalized spacial score (nSPS) is 13.1. The number of para-hydroxylation sites is 1. The second kappa shape index (κ2) is 9.98. The summed E-state index contributed by atoms with van der Waals surface area (Å²) in [6.45, 7) is 0.284. The van der Waals surface area contributed by atoms with Crippen molar-refractivity contribution in [2.24, 2.45) is 5.73 Å². The molecule has 9 heteroatoms. The van der Waals surface area contributed by atoms with Crippen LogP contribution in [0.1, 0.15) is 18.4 Å². The summed E-state index contributed by atoms with van der Waals surface area (Å²) < 4.78 is 0. The van der Waals surface area contributed by atoms with E-state index in [1.54, 1.807) is 0 Å². The molecule has 2 rings (SSSR count). The molecule has 8 nitrogen and oxygen atoms in total. The fraction of sp³-hybridized carbons (Fsp3) is 0.389. The Morgan fingerprint density at radius 1 is 1.26 bits per heavy atom. The van der Waals surface area contributed by atoms with Crippen LogP contribution in [0.3, 0.4) is 0 Å². The first kappa shape index (κ1) is 20.8. The molecule has 0 fully saturated rings. The SMILES string of the molecule is N[C@H](Cc1c[nH]c2ccccc12)C(=O)NCCCC(=O)N[C@@H](CS)C(=O)O. The molecule has 0 aliphatic carbocycles. The molecule has 1 aromatic heterocycles. The fourth-order valence-corrected chi connectivity index (χ4v) is 2.92. The summed E-state index contributed by atoms with van der Waals surface area (Å²) in [7, 11) is 0. The number of nitrogens with one attached hydrogen (secondary N) is 3. The number of benzene rings is 1. The van der Waals surface area contributed by atoms with Crippen LogP contribution >= 0.6 is 12.6 Å². The minimum absolute atomic E-state index is 0.0144. The number of nitrogens with two attached hydrogens (primary N) is 1. The van der Waals surface area contributed by atoms with Crippen molar-refractivity contribution >= 4 is 41.3 Å². The van der Waals surface area contributed by atoms with Gasteiger partial charge in [-0.25, -0.2) is 4.79 Å². The molecule has 146 valence electrons. The van der Waals surface area contributed by atoms with Gasteiger partial charge in [0.05, 0.1) is 6.04 Å². The zero-order valence-corrected chi connectivity index (χ0v) is 15.7. The van der Waals surface area contributed by atoms with E-state index in [-0.39, 0.29) is 24.6 Å². The number of thiol groups is 1. The van der Waals surface area contributed by atoms with E-state index in [1.165, 1.54) is 0 Å². The van der Waals surface area contributed by atoms with Crippen LogP contribution in [0.2, 0.25) is 0 Å². The highest BCUT2D eigenvalue weighted by molar-refractivity contribution is 7.80. The molecule has 2 amide bonds. The van der Waals surface area contributed by atoms with E-state index in [9.17, 15) is 14.4 Å². The van der Waals surface area contributed by atoms with Gasteiger partial charge in [0, 0.05) is 35.8 Å². The topological polar surface area (TPSA) is 137 Å². The summed E-state index contributed by atoms with van der Waals surface area (Å²) in [5.74, 6) is -1.80. The van der Waals surface area contributed by atoms with E-state index < -0.39 is 24.0 Å². The van der Waals surface area contributed by atoms with Crippen LogP contribution in [-0.2, 0) is 20.8 Å². The predicted octanol–water partition coefficient (Wildman–Crippen LogP) is 0.433. The number of aromatic nitrogens is 1. The van der Waals surface area contributed by atoms with Gasteiger partial charge in [-0.15, -0.1) is 0 Å². The number of aliphatic carboxylic acids is 1. The molecule has 6 N–H and O–H groups in total. The fourth-order valence-electron chi connectivity index (χ4n) is 2.67. The highest BCUT2D eigenvalue weighted by Gasteiger charge is 2.18. The number of carboxylic acid groups (broad SMARTS) is 1. The van der Waals surface area contributed by atoms with Crippen molar-refractivity contribution in [2.75, 3.05) is 12.3 Å². The van der Waals surface area contributed by atoms with Gasteiger partial charge in [-0.3, -0.25) is 9.59 Å². The Labute approximate surface area is 162 Å². The van der Waals surface area contributed by atoms with Gasteiger partial charge < -0.3 is 26.5 Å². The zero-order chi connectivity index (χ0) is 19.8. The van der Waals surface area contributed by atoms with Crippen LogP contribution in [0.4, 0.5) is 0 Å². The van der Waals surface area contributed by atoms with Crippen LogP contribution in [-0.4, -0.2) is 52.3 Å². The average Bonchev–Trinajstić information content (AvgIpc) is 3.05. The van der Waals surface area contributed by atoms with E-state index in [0.717, 1.165) is 16.5 Å². The molecule has 2 atom stereocenters. The third-order valence-electron chi connectivity index (χ3n) is 4.15. The Bertz CT molecular complexity index is 808. The van der Waals surface area contributed by atoms with E-state index in [2.05, 4.69) is 28.2 Å². The van der Waals surface area contributed by atoms with Crippen molar-refractivity contribution in [3.8, 4) is 0 Å². The summed E-state index contributed by atoms with van der Waals surface area (Å²) >= 11 is 3.88. The van der Waals surface area contributed by atoms with Crippen LogP contribution < -0.4 is 16.4 Å². The van der Waals surface area contributed by atoms with Crippen LogP contribution in [0.15, 0.2) is 30.5 Å². The lowest BCUT2D eigenvalue weighted by Crippen LogP contribution is -2.43. The van der Waals surface area contributed by atoms with Crippen LogP contribution in [0.25, 0.3) is 10.9 Å². The molecule has 0 unspecified atom stereocenters. The van der Waals surface area contributed by atoms with Crippen molar-refractivity contribution < 1.29 is 19.5 Å². The molecule has 1 aromatic carbocycles. The van der Waals surface area contributed by atoms with Gasteiger partial charge in [-0.1, -0.05) is 18.2 Å². The minimum Gasteiger partial charge on any atom is -0.480 e. The van der Waals surface area contributed by atoms with Gasteiger partial charge in [0.25, 0.3) is 0 Å². The monoisotopic (exact) mass is 392 g/mol. The summed E-state index contributed by atoms with van der Waals surface area (Å²) in [4.78, 5) is 37.8. The Balaban J connectivity index is 1.72. The Kier molecular flexibility index (Phi) is 7.68. The van der Waals surface area contributed by atoms with Crippen molar-refractivity contribution in [1.82, 2.24) is 15.6 Å². The number of carbonyl (C=O) groups is 3. The third-order valence-corrected chi connectivity index (χ3v) is 4.51. The molecule has 0 spiro atoms. The highest BCUT2D eigenvalue weighted by Crippen LogP contribution is 2.18. The maximum absolute atomic E-state index is 12.1. The second-order valence-electron chi connectivity index (χ2n) is 6.21. The Hall–Kier alpha value is -2.52. The maximum Gasteiger partial charge on any atom is 0.327 e. The summed E-state index contributed by atoms with van der Waals surface area (Å²) in [5.41, 5.74) is 7.94. The predicted molar refractivity (Wildman–Crippen MR) is 106 cm³/mol. The van der Waals surface area contributed by atoms with Gasteiger partial charge in [-0.05, 0) is 24.5 Å². The lowest BCUT2D eigenvalue weighted by atomic mass is 10.1. The van der Waals surface area contributed by atoms with Crippen molar-refractivity contribution in [2.45, 2.75) is 31.3 Å². The molecule has 1 heterocycles. The number of fused-ring (bicyclic) bond motifs is 1. The molecule has 0 aliphatic rings. The number of rotatable bonds is 10. The molecule has 0 aliphatic heterocycles. The molecule has 0 bridgehead atoms. The summed E-state index contributed by atoms with van der Waals surface area (Å²) in [6.07, 6.45) is 2.74. The maximum atomic E-state index is 12.1. The average molecular weight is 392 g/mol. The Morgan fingerprint density at radius 3 is 2.70 bits per heavy atom. The smallest absolute Gasteiger partial charge is 0.327 e. The quantitative estimate of drug-likeness (QED) is 0.257. The molecule has 0 radical (unpaired) electrons. The number of amides is 2. The molecule has 2 aromatic rings. The summed E-state index contributed by atoms with van der Waals surface area (Å²) in [5, 5.41) is 15.0. The second-order valence-corrected chi connectivity index (χ2v) is 6.57. The highest BCUT2D eigenvalue weighted by atomic mass is 32.1. The first-order valence-corrected chi connectivity index (χ1v) is 9.27. The minimum atomic E-state index is -1.13. The zero-order valence-electron chi connectivity index (χ0n) is 14.8. The first-order valence-electron chi connectivity index (χ1n) is 8.63. The van der Waals surface area contributed by atoms with Gasteiger partial charge in [0.15, 0.2) is 0 Å². The van der Waals surface area contributed by atoms with Gasteiger partial charge in [0.2, 0.25) is 11.8 Å². The number of carboxylic acids is 1. The Morgan fingerprint density at radius 2 is 2.00 bits per heavy atom. The number of H-pyrrole nitrogens is 1.